The number of nitrogens with one attached hydrogen (secondary N) is 1. The van der Waals surface area contributed by atoms with Crippen LogP contribution in [0, 0.1) is 6.92 Å². The molecule has 0 saturated heterocycles. The van der Waals surface area contributed by atoms with E-state index in [2.05, 4.69) is 21.2 Å². The summed E-state index contributed by atoms with van der Waals surface area (Å²) in [6.07, 6.45) is 2.46. The van der Waals surface area contributed by atoms with Gasteiger partial charge in [-0.3, -0.25) is 4.79 Å². The summed E-state index contributed by atoms with van der Waals surface area (Å²) in [5.41, 5.74) is 0.620. The van der Waals surface area contributed by atoms with E-state index >= 15 is 0 Å². The van der Waals surface area contributed by atoms with Crippen molar-refractivity contribution < 1.29 is 9.21 Å². The number of carbonyl (C=O) groups excluding carboxylic acids is 1. The summed E-state index contributed by atoms with van der Waals surface area (Å²) in [5, 5.41) is 3.70. The van der Waals surface area contributed by atoms with Crippen LogP contribution in [-0.2, 0) is 0 Å². The van der Waals surface area contributed by atoms with Gasteiger partial charge in [-0.25, -0.2) is 0 Å². The lowest BCUT2D eigenvalue weighted by Gasteiger charge is -2.01. The molecule has 0 aliphatic heterocycles. The van der Waals surface area contributed by atoms with Crippen LogP contribution in [0.5, 0.6) is 0 Å². The van der Waals surface area contributed by atoms with Crippen LogP contribution in [0.1, 0.15) is 22.5 Å². The number of hydrogen-bond acceptors (Lipinski definition) is 2. The molecule has 0 aliphatic carbocycles. The zero-order valence-corrected chi connectivity index (χ0v) is 9.06. The molecule has 3 nitrogen and oxygen atoms in total. The van der Waals surface area contributed by atoms with E-state index in [0.29, 0.717) is 17.9 Å². The molecule has 1 rings (SSSR count). The Morgan fingerprint density at radius 2 is 2.46 bits per heavy atom. The van der Waals surface area contributed by atoms with Gasteiger partial charge in [0, 0.05) is 11.9 Å². The van der Waals surface area contributed by atoms with Gasteiger partial charge in [0.25, 0.3) is 5.91 Å². The van der Waals surface area contributed by atoms with Gasteiger partial charge in [-0.05, 0) is 19.4 Å². The molecule has 13 heavy (non-hydrogen) atoms. The highest BCUT2D eigenvalue weighted by molar-refractivity contribution is 9.09. The molecule has 1 aromatic heterocycles. The molecule has 4 heteroatoms. The van der Waals surface area contributed by atoms with Crippen LogP contribution in [0.2, 0.25) is 0 Å². The molecule has 1 heterocycles. The Balaban J connectivity index is 2.45. The third-order valence-corrected chi connectivity index (χ3v) is 2.26. The van der Waals surface area contributed by atoms with Gasteiger partial charge in [-0.2, -0.15) is 0 Å². The first kappa shape index (κ1) is 10.3. The number of amides is 1. The lowest BCUT2D eigenvalue weighted by molar-refractivity contribution is 0.0952. The fourth-order valence-corrected chi connectivity index (χ4v) is 1.26. The minimum absolute atomic E-state index is 0.0628. The molecule has 0 radical (unpaired) electrons. The highest BCUT2D eigenvalue weighted by Crippen LogP contribution is 2.07. The van der Waals surface area contributed by atoms with Crippen LogP contribution in [0.25, 0.3) is 0 Å². The van der Waals surface area contributed by atoms with Crippen molar-refractivity contribution in [2.45, 2.75) is 13.3 Å². The maximum atomic E-state index is 11.4. The third kappa shape index (κ3) is 2.88. The van der Waals surface area contributed by atoms with Crippen LogP contribution in [0.4, 0.5) is 0 Å². The van der Waals surface area contributed by atoms with E-state index in [1.54, 1.807) is 13.0 Å². The molecule has 0 fully saturated rings. The first-order chi connectivity index (χ1) is 6.25. The van der Waals surface area contributed by atoms with Crippen molar-refractivity contribution in [2.75, 3.05) is 11.9 Å². The van der Waals surface area contributed by atoms with Crippen molar-refractivity contribution in [3.05, 3.63) is 23.7 Å². The van der Waals surface area contributed by atoms with E-state index in [4.69, 9.17) is 4.42 Å². The number of carbonyl (C=O) groups is 1. The van der Waals surface area contributed by atoms with Gasteiger partial charge in [0.1, 0.15) is 5.76 Å². The van der Waals surface area contributed by atoms with Crippen LogP contribution in [0.3, 0.4) is 0 Å². The molecule has 72 valence electrons. The monoisotopic (exact) mass is 245 g/mol. The fraction of sp³-hybridized carbons (Fsp3) is 0.444. The zero-order chi connectivity index (χ0) is 9.68. The lowest BCUT2D eigenvalue weighted by Crippen LogP contribution is -2.24. The van der Waals surface area contributed by atoms with E-state index in [1.165, 1.54) is 6.26 Å². The normalized spacial score (nSPS) is 10.0. The second kappa shape index (κ2) is 5.07. The number of hydrogen-bond donors (Lipinski definition) is 1. The summed E-state index contributed by atoms with van der Waals surface area (Å²) in [6.45, 7) is 2.47. The molecule has 0 aromatic carbocycles. The summed E-state index contributed by atoms with van der Waals surface area (Å²) < 4.78 is 5.02. The van der Waals surface area contributed by atoms with E-state index in [0.717, 1.165) is 11.8 Å². The van der Waals surface area contributed by atoms with Crippen molar-refractivity contribution >= 4 is 21.8 Å². The molecule has 0 spiro atoms. The highest BCUT2D eigenvalue weighted by atomic mass is 79.9. The van der Waals surface area contributed by atoms with Gasteiger partial charge in [0.05, 0.1) is 11.8 Å². The van der Waals surface area contributed by atoms with Gasteiger partial charge in [0.2, 0.25) is 0 Å². The minimum atomic E-state index is -0.0628. The molecule has 1 amide bonds. The molecule has 1 N–H and O–H groups in total. The van der Waals surface area contributed by atoms with Gasteiger partial charge in [-0.15, -0.1) is 0 Å². The Morgan fingerprint density at radius 3 is 3.00 bits per heavy atom. The number of furan rings is 1. The molecule has 0 atom stereocenters. The zero-order valence-electron chi connectivity index (χ0n) is 7.47. The average molecular weight is 246 g/mol. The maximum absolute atomic E-state index is 11.4. The Hall–Kier alpha value is -0.770. The van der Waals surface area contributed by atoms with Crippen molar-refractivity contribution in [1.29, 1.82) is 0 Å². The van der Waals surface area contributed by atoms with Crippen molar-refractivity contribution in [2.24, 2.45) is 0 Å². The predicted octanol–water partition coefficient (Wildman–Crippen LogP) is 2.10. The largest absolute Gasteiger partial charge is 0.469 e. The number of aryl methyl sites for hydroxylation is 1. The summed E-state index contributed by atoms with van der Waals surface area (Å²) in [4.78, 5) is 11.4. The molecular weight excluding hydrogens is 234 g/mol. The van der Waals surface area contributed by atoms with E-state index in [1.807, 2.05) is 0 Å². The van der Waals surface area contributed by atoms with Crippen molar-refractivity contribution in [1.82, 2.24) is 5.32 Å². The number of halogens is 1. The minimum Gasteiger partial charge on any atom is -0.469 e. The summed E-state index contributed by atoms with van der Waals surface area (Å²) in [5.74, 6) is 0.601. The smallest absolute Gasteiger partial charge is 0.254 e. The van der Waals surface area contributed by atoms with Crippen molar-refractivity contribution in [3.8, 4) is 0 Å². The molecular formula is C9H12BrNO2. The molecule has 0 unspecified atom stereocenters. The van der Waals surface area contributed by atoms with Crippen LogP contribution >= 0.6 is 15.9 Å². The number of rotatable bonds is 4. The van der Waals surface area contributed by atoms with E-state index < -0.39 is 0 Å². The Kier molecular flexibility index (Phi) is 4.02. The first-order valence-electron chi connectivity index (χ1n) is 4.14. The Bertz CT molecular complexity index is 283. The highest BCUT2D eigenvalue weighted by Gasteiger charge is 2.09. The van der Waals surface area contributed by atoms with Crippen molar-refractivity contribution in [3.63, 3.8) is 0 Å². The molecule has 0 bridgehead atoms. The predicted molar refractivity (Wildman–Crippen MR) is 54.2 cm³/mol. The molecule has 0 saturated carbocycles. The topological polar surface area (TPSA) is 42.2 Å². The van der Waals surface area contributed by atoms with Crippen LogP contribution in [0.15, 0.2) is 16.7 Å². The Labute approximate surface area is 85.6 Å². The molecule has 1 aromatic rings. The second-order valence-electron chi connectivity index (χ2n) is 2.69. The Morgan fingerprint density at radius 1 is 1.69 bits per heavy atom. The van der Waals surface area contributed by atoms with Gasteiger partial charge in [0.15, 0.2) is 0 Å². The summed E-state index contributed by atoms with van der Waals surface area (Å²) in [7, 11) is 0. The fourth-order valence-electron chi connectivity index (χ4n) is 0.984. The van der Waals surface area contributed by atoms with E-state index in [9.17, 15) is 4.79 Å². The lowest BCUT2D eigenvalue weighted by atomic mass is 10.2. The first-order valence-corrected chi connectivity index (χ1v) is 5.26. The maximum Gasteiger partial charge on any atom is 0.254 e. The summed E-state index contributed by atoms with van der Waals surface area (Å²) in [6, 6.07) is 1.68. The van der Waals surface area contributed by atoms with Gasteiger partial charge in [-0.1, -0.05) is 15.9 Å². The number of alkyl halides is 1. The summed E-state index contributed by atoms with van der Waals surface area (Å²) >= 11 is 3.29. The second-order valence-corrected chi connectivity index (χ2v) is 3.48. The van der Waals surface area contributed by atoms with E-state index in [-0.39, 0.29) is 5.91 Å². The van der Waals surface area contributed by atoms with Gasteiger partial charge >= 0.3 is 0 Å². The molecule has 0 aliphatic rings. The standard InChI is InChI=1S/C9H12BrNO2/c1-7-8(3-6-13-7)9(12)11-5-2-4-10/h3,6H,2,4-5H2,1H3,(H,11,12). The third-order valence-electron chi connectivity index (χ3n) is 1.70. The van der Waals surface area contributed by atoms with Crippen LogP contribution < -0.4 is 5.32 Å². The van der Waals surface area contributed by atoms with Crippen LogP contribution in [-0.4, -0.2) is 17.8 Å². The SMILES string of the molecule is Cc1occc1C(=O)NCCCBr. The average Bonchev–Trinajstić information content (AvgIpc) is 2.52. The quantitative estimate of drug-likeness (QED) is 0.653. The van der Waals surface area contributed by atoms with Gasteiger partial charge < -0.3 is 9.73 Å².